The molecule has 2 rings (SSSR count). The fourth-order valence-electron chi connectivity index (χ4n) is 1.74. The summed E-state index contributed by atoms with van der Waals surface area (Å²) in [6.45, 7) is 0. The van der Waals surface area contributed by atoms with Gasteiger partial charge in [-0.25, -0.2) is 0 Å². The van der Waals surface area contributed by atoms with Crippen LogP contribution in [0.5, 0.6) is 0 Å². The second-order valence-electron chi connectivity index (χ2n) is 3.94. The van der Waals surface area contributed by atoms with Gasteiger partial charge >= 0.3 is 5.97 Å². The van der Waals surface area contributed by atoms with Crippen LogP contribution < -0.4 is 0 Å². The number of carbonyl (C=O) groups is 2. The zero-order valence-electron chi connectivity index (χ0n) is 9.67. The summed E-state index contributed by atoms with van der Waals surface area (Å²) in [6.07, 6.45) is -0.474. The minimum absolute atomic E-state index is 0.375. The maximum atomic E-state index is 11.7. The number of benzene rings is 2. The summed E-state index contributed by atoms with van der Waals surface area (Å²) in [5, 5.41) is 8.61. The Labute approximate surface area is 105 Å². The fraction of sp³-hybridized carbons (Fsp3) is 0.0667. The molecule has 90 valence electrons. The summed E-state index contributed by atoms with van der Waals surface area (Å²) >= 11 is 0. The Hall–Kier alpha value is -2.42. The van der Waals surface area contributed by atoms with E-state index >= 15 is 0 Å². The number of rotatable bonds is 4. The molecule has 0 atom stereocenters. The van der Waals surface area contributed by atoms with Crippen molar-refractivity contribution in [3.05, 3.63) is 60.2 Å². The second kappa shape index (κ2) is 5.27. The molecule has 0 saturated heterocycles. The number of hydrogen-bond donors (Lipinski definition) is 1. The van der Waals surface area contributed by atoms with Crippen LogP contribution in [0.15, 0.2) is 54.6 Å². The molecule has 18 heavy (non-hydrogen) atoms. The van der Waals surface area contributed by atoms with E-state index in [9.17, 15) is 9.59 Å². The number of hydrogen-bond acceptors (Lipinski definition) is 2. The Kier molecular flexibility index (Phi) is 3.53. The lowest BCUT2D eigenvalue weighted by atomic mass is 10.0. The lowest BCUT2D eigenvalue weighted by Gasteiger charge is -2.04. The van der Waals surface area contributed by atoms with Gasteiger partial charge in [0.15, 0.2) is 5.78 Å². The average molecular weight is 240 g/mol. The summed E-state index contributed by atoms with van der Waals surface area (Å²) in [6, 6.07) is 16.7. The van der Waals surface area contributed by atoms with E-state index in [1.54, 1.807) is 18.2 Å². The van der Waals surface area contributed by atoms with Crippen molar-refractivity contribution in [3.63, 3.8) is 0 Å². The molecule has 0 aliphatic heterocycles. The monoisotopic (exact) mass is 240 g/mol. The van der Waals surface area contributed by atoms with Gasteiger partial charge in [0.05, 0.1) is 0 Å². The summed E-state index contributed by atoms with van der Waals surface area (Å²) in [5.74, 6) is -1.48. The van der Waals surface area contributed by atoms with Crippen molar-refractivity contribution in [1.82, 2.24) is 0 Å². The van der Waals surface area contributed by atoms with Crippen molar-refractivity contribution < 1.29 is 14.7 Å². The molecule has 3 heteroatoms. The van der Waals surface area contributed by atoms with Crippen molar-refractivity contribution in [2.75, 3.05) is 0 Å². The summed E-state index contributed by atoms with van der Waals surface area (Å²) < 4.78 is 0. The molecule has 0 aliphatic carbocycles. The van der Waals surface area contributed by atoms with E-state index in [2.05, 4.69) is 0 Å². The molecular weight excluding hydrogens is 228 g/mol. The lowest BCUT2D eigenvalue weighted by molar-refractivity contribution is -0.135. The fourth-order valence-corrected chi connectivity index (χ4v) is 1.74. The smallest absolute Gasteiger partial charge is 0.311 e. The maximum Gasteiger partial charge on any atom is 0.311 e. The van der Waals surface area contributed by atoms with Crippen molar-refractivity contribution in [1.29, 1.82) is 0 Å². The normalized spacial score (nSPS) is 10.0. The zero-order valence-corrected chi connectivity index (χ0v) is 9.67. The minimum atomic E-state index is -1.11. The third-order valence-corrected chi connectivity index (χ3v) is 2.60. The molecule has 0 radical (unpaired) electrons. The third-order valence-electron chi connectivity index (χ3n) is 2.60. The van der Waals surface area contributed by atoms with Gasteiger partial charge in [-0.2, -0.15) is 0 Å². The molecule has 2 aromatic rings. The van der Waals surface area contributed by atoms with Gasteiger partial charge in [-0.3, -0.25) is 9.59 Å². The van der Waals surface area contributed by atoms with Crippen LogP contribution in [0.2, 0.25) is 0 Å². The molecule has 2 aromatic carbocycles. The van der Waals surface area contributed by atoms with E-state index < -0.39 is 12.4 Å². The summed E-state index contributed by atoms with van der Waals surface area (Å²) in [5.41, 5.74) is 2.34. The van der Waals surface area contributed by atoms with Gasteiger partial charge in [-0.1, -0.05) is 48.5 Å². The number of ketones is 1. The van der Waals surface area contributed by atoms with Gasteiger partial charge in [0.1, 0.15) is 6.42 Å². The molecular formula is C15H12O3. The second-order valence-corrected chi connectivity index (χ2v) is 3.94. The molecule has 0 aromatic heterocycles. The molecule has 0 aliphatic rings. The first-order chi connectivity index (χ1) is 8.66. The van der Waals surface area contributed by atoms with E-state index in [-0.39, 0.29) is 5.78 Å². The van der Waals surface area contributed by atoms with E-state index in [1.807, 2.05) is 36.4 Å². The van der Waals surface area contributed by atoms with Crippen molar-refractivity contribution in [3.8, 4) is 11.1 Å². The summed E-state index contributed by atoms with van der Waals surface area (Å²) in [4.78, 5) is 22.2. The molecule has 0 unspecified atom stereocenters. The highest BCUT2D eigenvalue weighted by Crippen LogP contribution is 2.20. The van der Waals surface area contributed by atoms with Crippen LogP contribution in [-0.4, -0.2) is 16.9 Å². The zero-order chi connectivity index (χ0) is 13.0. The van der Waals surface area contributed by atoms with Crippen molar-refractivity contribution in [2.45, 2.75) is 6.42 Å². The van der Waals surface area contributed by atoms with Crippen LogP contribution in [0, 0.1) is 0 Å². The quantitative estimate of drug-likeness (QED) is 0.660. The van der Waals surface area contributed by atoms with E-state index in [1.165, 1.54) is 0 Å². The number of carboxylic acid groups (broad SMARTS) is 1. The minimum Gasteiger partial charge on any atom is -0.481 e. The van der Waals surface area contributed by atoms with Crippen molar-refractivity contribution >= 4 is 11.8 Å². The molecule has 0 fully saturated rings. The molecule has 0 bridgehead atoms. The van der Waals surface area contributed by atoms with E-state index in [4.69, 9.17) is 5.11 Å². The van der Waals surface area contributed by atoms with Gasteiger partial charge in [-0.15, -0.1) is 0 Å². The number of carbonyl (C=O) groups excluding carboxylic acids is 1. The Morgan fingerprint density at radius 2 is 1.56 bits per heavy atom. The lowest BCUT2D eigenvalue weighted by Crippen LogP contribution is -2.06. The highest BCUT2D eigenvalue weighted by Gasteiger charge is 2.11. The predicted molar refractivity (Wildman–Crippen MR) is 68.5 cm³/mol. The number of carboxylic acids is 1. The number of aliphatic carboxylic acids is 1. The predicted octanol–water partition coefficient (Wildman–Crippen LogP) is 3.01. The van der Waals surface area contributed by atoms with Gasteiger partial charge in [0, 0.05) is 5.56 Å². The van der Waals surface area contributed by atoms with Gasteiger partial charge in [0.2, 0.25) is 0 Å². The highest BCUT2D eigenvalue weighted by atomic mass is 16.4. The summed E-state index contributed by atoms with van der Waals surface area (Å²) in [7, 11) is 0. The van der Waals surface area contributed by atoms with E-state index in [0.717, 1.165) is 11.1 Å². The average Bonchev–Trinajstić information content (AvgIpc) is 2.39. The SMILES string of the molecule is O=C(O)CC(=O)c1cccc(-c2ccccc2)c1. The first-order valence-electron chi connectivity index (χ1n) is 5.57. The van der Waals surface area contributed by atoms with Crippen LogP contribution in [-0.2, 0) is 4.79 Å². The van der Waals surface area contributed by atoms with Gasteiger partial charge in [0.25, 0.3) is 0 Å². The molecule has 0 heterocycles. The standard InChI is InChI=1S/C15H12O3/c16-14(10-15(17)18)13-8-4-7-12(9-13)11-5-2-1-3-6-11/h1-9H,10H2,(H,17,18). The topological polar surface area (TPSA) is 54.4 Å². The first kappa shape index (κ1) is 12.0. The van der Waals surface area contributed by atoms with Crippen molar-refractivity contribution in [2.24, 2.45) is 0 Å². The molecule has 3 nitrogen and oxygen atoms in total. The maximum absolute atomic E-state index is 11.7. The Morgan fingerprint density at radius 1 is 0.889 bits per heavy atom. The molecule has 0 amide bonds. The molecule has 0 spiro atoms. The Morgan fingerprint density at radius 3 is 2.22 bits per heavy atom. The highest BCUT2D eigenvalue weighted by molar-refractivity contribution is 6.06. The largest absolute Gasteiger partial charge is 0.481 e. The van der Waals surface area contributed by atoms with Gasteiger partial charge < -0.3 is 5.11 Å². The number of Topliss-reactive ketones (excluding diaryl/α,β-unsaturated/α-hetero) is 1. The Bertz CT molecular complexity index is 573. The molecule has 0 saturated carbocycles. The van der Waals surface area contributed by atoms with Crippen LogP contribution in [0.1, 0.15) is 16.8 Å². The van der Waals surface area contributed by atoms with Gasteiger partial charge in [-0.05, 0) is 17.2 Å². The van der Waals surface area contributed by atoms with Crippen LogP contribution >= 0.6 is 0 Å². The van der Waals surface area contributed by atoms with Crippen LogP contribution in [0.25, 0.3) is 11.1 Å². The third kappa shape index (κ3) is 2.83. The molecule has 1 N–H and O–H groups in total. The van der Waals surface area contributed by atoms with Crippen LogP contribution in [0.4, 0.5) is 0 Å². The Balaban J connectivity index is 2.31. The van der Waals surface area contributed by atoms with E-state index in [0.29, 0.717) is 5.56 Å². The van der Waals surface area contributed by atoms with Crippen LogP contribution in [0.3, 0.4) is 0 Å². The first-order valence-corrected chi connectivity index (χ1v) is 5.57.